The Morgan fingerprint density at radius 1 is 1.77 bits per heavy atom. The maximum absolute atomic E-state index is 11.1. The Hall–Kier alpha value is -0.220. The lowest BCUT2D eigenvalue weighted by Crippen LogP contribution is -2.51. The highest BCUT2D eigenvalue weighted by molar-refractivity contribution is 8.00. The summed E-state index contributed by atoms with van der Waals surface area (Å²) in [5, 5.41) is 9.21. The van der Waals surface area contributed by atoms with Gasteiger partial charge >= 0.3 is 5.97 Å². The van der Waals surface area contributed by atoms with Crippen LogP contribution in [0.4, 0.5) is 0 Å². The van der Waals surface area contributed by atoms with Gasteiger partial charge in [-0.2, -0.15) is 11.8 Å². The lowest BCUT2D eigenvalue weighted by atomic mass is 9.93. The van der Waals surface area contributed by atoms with Gasteiger partial charge in [0.2, 0.25) is 0 Å². The van der Waals surface area contributed by atoms with Gasteiger partial charge in [0.05, 0.1) is 0 Å². The zero-order valence-electron chi connectivity index (χ0n) is 8.08. The highest BCUT2D eigenvalue weighted by atomic mass is 32.2. The minimum absolute atomic E-state index is 0.0544. The molecule has 0 spiro atoms. The minimum Gasteiger partial charge on any atom is -0.479 e. The van der Waals surface area contributed by atoms with Crippen molar-refractivity contribution in [3.8, 4) is 0 Å². The molecule has 1 heterocycles. The van der Waals surface area contributed by atoms with E-state index in [0.717, 1.165) is 12.2 Å². The van der Waals surface area contributed by atoms with Crippen LogP contribution < -0.4 is 0 Å². The van der Waals surface area contributed by atoms with Gasteiger partial charge in [0.25, 0.3) is 0 Å². The van der Waals surface area contributed by atoms with E-state index in [1.165, 1.54) is 0 Å². The first kappa shape index (κ1) is 10.9. The van der Waals surface area contributed by atoms with Crippen molar-refractivity contribution in [3.05, 3.63) is 0 Å². The number of thioether (sulfide) groups is 1. The smallest absolute Gasteiger partial charge is 0.337 e. The Morgan fingerprint density at radius 3 is 2.92 bits per heavy atom. The number of hydrogen-bond acceptors (Lipinski definition) is 3. The van der Waals surface area contributed by atoms with Gasteiger partial charge in [-0.25, -0.2) is 4.79 Å². The van der Waals surface area contributed by atoms with Crippen molar-refractivity contribution in [2.75, 3.05) is 12.4 Å². The fourth-order valence-corrected chi connectivity index (χ4v) is 2.94. The zero-order valence-corrected chi connectivity index (χ0v) is 8.89. The van der Waals surface area contributed by atoms with Crippen molar-refractivity contribution in [1.29, 1.82) is 0 Å². The molecule has 13 heavy (non-hydrogen) atoms. The molecule has 0 bridgehead atoms. The second kappa shape index (κ2) is 4.33. The number of ether oxygens (including phenoxy) is 1. The average molecular weight is 204 g/mol. The molecule has 2 atom stereocenters. The fourth-order valence-electron chi connectivity index (χ4n) is 1.72. The third kappa shape index (κ3) is 1.99. The SMILES string of the molecule is CCOC1(C(=O)O)CCCSC1C. The topological polar surface area (TPSA) is 46.5 Å². The van der Waals surface area contributed by atoms with E-state index < -0.39 is 11.6 Å². The predicted octanol–water partition coefficient (Wildman–Crippen LogP) is 1.76. The van der Waals surface area contributed by atoms with E-state index >= 15 is 0 Å². The molecule has 0 amide bonds. The van der Waals surface area contributed by atoms with E-state index in [1.54, 1.807) is 11.8 Å². The summed E-state index contributed by atoms with van der Waals surface area (Å²) in [6, 6.07) is 0. The van der Waals surface area contributed by atoms with Crippen LogP contribution in [0, 0.1) is 0 Å². The van der Waals surface area contributed by atoms with Crippen molar-refractivity contribution in [2.45, 2.75) is 37.5 Å². The van der Waals surface area contributed by atoms with Crippen LogP contribution in [-0.4, -0.2) is 34.3 Å². The lowest BCUT2D eigenvalue weighted by molar-refractivity contribution is -0.166. The van der Waals surface area contributed by atoms with Crippen LogP contribution in [0.3, 0.4) is 0 Å². The van der Waals surface area contributed by atoms with Gasteiger partial charge < -0.3 is 9.84 Å². The lowest BCUT2D eigenvalue weighted by Gasteiger charge is -2.37. The summed E-state index contributed by atoms with van der Waals surface area (Å²) in [7, 11) is 0. The van der Waals surface area contributed by atoms with E-state index in [-0.39, 0.29) is 5.25 Å². The van der Waals surface area contributed by atoms with Crippen LogP contribution in [0.25, 0.3) is 0 Å². The Balaban J connectivity index is 2.79. The summed E-state index contributed by atoms with van der Waals surface area (Å²) in [4.78, 5) is 11.1. The fraction of sp³-hybridized carbons (Fsp3) is 0.889. The number of aliphatic carboxylic acids is 1. The molecule has 0 radical (unpaired) electrons. The number of hydrogen-bond donors (Lipinski definition) is 1. The van der Waals surface area contributed by atoms with Crippen LogP contribution in [-0.2, 0) is 9.53 Å². The normalized spacial score (nSPS) is 34.5. The quantitative estimate of drug-likeness (QED) is 0.761. The molecule has 1 fully saturated rings. The molecule has 0 aromatic heterocycles. The Bertz CT molecular complexity index is 191. The predicted molar refractivity (Wildman–Crippen MR) is 53.1 cm³/mol. The largest absolute Gasteiger partial charge is 0.479 e. The van der Waals surface area contributed by atoms with Crippen molar-refractivity contribution < 1.29 is 14.6 Å². The van der Waals surface area contributed by atoms with Gasteiger partial charge in [-0.1, -0.05) is 0 Å². The van der Waals surface area contributed by atoms with Crippen LogP contribution in [0.1, 0.15) is 26.7 Å². The van der Waals surface area contributed by atoms with Gasteiger partial charge in [-0.15, -0.1) is 0 Å². The van der Waals surface area contributed by atoms with E-state index in [9.17, 15) is 4.79 Å². The van der Waals surface area contributed by atoms with E-state index in [2.05, 4.69) is 0 Å². The first-order chi connectivity index (χ1) is 6.13. The number of carboxylic acids is 1. The second-order valence-corrected chi connectivity index (χ2v) is 4.69. The van der Waals surface area contributed by atoms with Crippen molar-refractivity contribution in [2.24, 2.45) is 0 Å². The van der Waals surface area contributed by atoms with Crippen molar-refractivity contribution >= 4 is 17.7 Å². The molecule has 2 unspecified atom stereocenters. The van der Waals surface area contributed by atoms with E-state index in [1.807, 2.05) is 13.8 Å². The maximum Gasteiger partial charge on any atom is 0.337 e. The highest BCUT2D eigenvalue weighted by Gasteiger charge is 2.46. The summed E-state index contributed by atoms with van der Waals surface area (Å²) in [6.07, 6.45) is 1.58. The highest BCUT2D eigenvalue weighted by Crippen LogP contribution is 2.37. The molecule has 76 valence electrons. The summed E-state index contributed by atoms with van der Waals surface area (Å²) in [5.41, 5.74) is -0.933. The molecule has 0 aromatic rings. The molecule has 3 nitrogen and oxygen atoms in total. The molecule has 1 aliphatic rings. The van der Waals surface area contributed by atoms with Gasteiger partial charge in [0.1, 0.15) is 0 Å². The van der Waals surface area contributed by atoms with Crippen molar-refractivity contribution in [1.82, 2.24) is 0 Å². The molecular weight excluding hydrogens is 188 g/mol. The molecule has 4 heteroatoms. The summed E-state index contributed by atoms with van der Waals surface area (Å²) in [5.74, 6) is 0.234. The minimum atomic E-state index is -0.933. The molecular formula is C9H16O3S. The molecule has 1 rings (SSSR count). The Kier molecular flexibility index (Phi) is 3.62. The van der Waals surface area contributed by atoms with E-state index in [0.29, 0.717) is 13.0 Å². The second-order valence-electron chi connectivity index (χ2n) is 3.24. The third-order valence-electron chi connectivity index (χ3n) is 2.48. The summed E-state index contributed by atoms with van der Waals surface area (Å²) >= 11 is 1.69. The van der Waals surface area contributed by atoms with Crippen molar-refractivity contribution in [3.63, 3.8) is 0 Å². The van der Waals surface area contributed by atoms with Gasteiger partial charge in [0.15, 0.2) is 5.60 Å². The van der Waals surface area contributed by atoms with Crippen LogP contribution >= 0.6 is 11.8 Å². The standard InChI is InChI=1S/C9H16O3S/c1-3-12-9(8(10)11)5-4-6-13-7(9)2/h7H,3-6H2,1-2H3,(H,10,11). The maximum atomic E-state index is 11.1. The first-order valence-corrected chi connectivity index (χ1v) is 5.67. The first-order valence-electron chi connectivity index (χ1n) is 4.62. The average Bonchev–Trinajstić information content (AvgIpc) is 2.09. The molecule has 1 N–H and O–H groups in total. The Morgan fingerprint density at radius 2 is 2.46 bits per heavy atom. The molecule has 1 aliphatic heterocycles. The Labute approximate surface area is 82.8 Å². The molecule has 1 saturated heterocycles. The zero-order chi connectivity index (χ0) is 9.90. The van der Waals surface area contributed by atoms with E-state index in [4.69, 9.17) is 9.84 Å². The molecule has 0 saturated carbocycles. The number of rotatable bonds is 3. The third-order valence-corrected chi connectivity index (χ3v) is 3.89. The van der Waals surface area contributed by atoms with Crippen LogP contribution in [0.2, 0.25) is 0 Å². The van der Waals surface area contributed by atoms with Crippen LogP contribution in [0.15, 0.2) is 0 Å². The monoisotopic (exact) mass is 204 g/mol. The van der Waals surface area contributed by atoms with Gasteiger partial charge in [-0.05, 0) is 32.4 Å². The molecule has 0 aliphatic carbocycles. The number of carboxylic acid groups (broad SMARTS) is 1. The molecule has 0 aromatic carbocycles. The summed E-state index contributed by atoms with van der Waals surface area (Å²) < 4.78 is 5.42. The van der Waals surface area contributed by atoms with Crippen LogP contribution in [0.5, 0.6) is 0 Å². The van der Waals surface area contributed by atoms with Gasteiger partial charge in [0, 0.05) is 11.9 Å². The number of carbonyl (C=O) groups is 1. The summed E-state index contributed by atoms with van der Waals surface area (Å²) in [6.45, 7) is 4.25. The van der Waals surface area contributed by atoms with Gasteiger partial charge in [-0.3, -0.25) is 0 Å².